The lowest BCUT2D eigenvalue weighted by molar-refractivity contribution is 0.807. The van der Waals surface area contributed by atoms with E-state index in [9.17, 15) is 0 Å². The number of nitrogens with two attached hydrogens (primary N) is 2. The molecule has 4 rings (SSSR count). The number of rotatable bonds is 3. The van der Waals surface area contributed by atoms with Crippen molar-refractivity contribution in [2.45, 2.75) is 19.3 Å². The van der Waals surface area contributed by atoms with Crippen molar-refractivity contribution in [3.63, 3.8) is 0 Å². The van der Waals surface area contributed by atoms with Crippen LogP contribution in [0.5, 0.6) is 0 Å². The SMILES string of the molecule is Nc1nc(N)c(CC2CC2)c(-n2cc3cccnc3c2)n1. The standard InChI is InChI=1S/C15H16N6/c16-13-11(6-9-3-4-9)14(20-15(17)19-13)21-7-10-2-1-5-18-12(10)8-21/h1-2,5,7-9H,3-4,6H2,(H4,16,17,19,20). The normalized spacial score (nSPS) is 14.7. The van der Waals surface area contributed by atoms with Crippen molar-refractivity contribution in [1.82, 2.24) is 19.5 Å². The molecule has 0 aromatic carbocycles. The molecule has 106 valence electrons. The third-order valence-electron chi connectivity index (χ3n) is 3.88. The molecule has 1 aliphatic carbocycles. The summed E-state index contributed by atoms with van der Waals surface area (Å²) in [6, 6.07) is 3.94. The van der Waals surface area contributed by atoms with Crippen LogP contribution in [0.15, 0.2) is 30.7 Å². The van der Waals surface area contributed by atoms with Crippen LogP contribution in [0.2, 0.25) is 0 Å². The summed E-state index contributed by atoms with van der Waals surface area (Å²) in [6.07, 6.45) is 9.13. The smallest absolute Gasteiger partial charge is 0.223 e. The zero-order valence-corrected chi connectivity index (χ0v) is 11.5. The van der Waals surface area contributed by atoms with Crippen molar-refractivity contribution in [3.05, 3.63) is 36.3 Å². The summed E-state index contributed by atoms with van der Waals surface area (Å²) in [6.45, 7) is 0. The molecule has 0 saturated heterocycles. The van der Waals surface area contributed by atoms with Gasteiger partial charge in [-0.25, -0.2) is 0 Å². The van der Waals surface area contributed by atoms with Gasteiger partial charge in [-0.2, -0.15) is 9.97 Å². The Morgan fingerprint density at radius 2 is 2.05 bits per heavy atom. The van der Waals surface area contributed by atoms with Crippen molar-refractivity contribution < 1.29 is 0 Å². The van der Waals surface area contributed by atoms with Gasteiger partial charge in [0.2, 0.25) is 5.95 Å². The highest BCUT2D eigenvalue weighted by Crippen LogP contribution is 2.35. The molecule has 4 N–H and O–H groups in total. The van der Waals surface area contributed by atoms with E-state index in [1.807, 2.05) is 29.1 Å². The summed E-state index contributed by atoms with van der Waals surface area (Å²) in [5.74, 6) is 2.15. The molecule has 3 aromatic rings. The van der Waals surface area contributed by atoms with E-state index in [2.05, 4.69) is 15.0 Å². The minimum atomic E-state index is 0.202. The van der Waals surface area contributed by atoms with E-state index in [0.29, 0.717) is 11.7 Å². The van der Waals surface area contributed by atoms with Gasteiger partial charge in [0.15, 0.2) is 0 Å². The van der Waals surface area contributed by atoms with Crippen molar-refractivity contribution >= 4 is 22.7 Å². The van der Waals surface area contributed by atoms with Gasteiger partial charge < -0.3 is 16.0 Å². The maximum absolute atomic E-state index is 6.07. The fraction of sp³-hybridized carbons (Fsp3) is 0.267. The first-order chi connectivity index (χ1) is 10.2. The summed E-state index contributed by atoms with van der Waals surface area (Å²) in [4.78, 5) is 12.9. The first-order valence-electron chi connectivity index (χ1n) is 7.05. The van der Waals surface area contributed by atoms with Gasteiger partial charge in [0, 0.05) is 29.5 Å². The van der Waals surface area contributed by atoms with Gasteiger partial charge in [-0.05, 0) is 37.3 Å². The lowest BCUT2D eigenvalue weighted by Crippen LogP contribution is -2.11. The first kappa shape index (κ1) is 12.1. The molecule has 6 nitrogen and oxygen atoms in total. The van der Waals surface area contributed by atoms with Crippen LogP contribution in [-0.4, -0.2) is 19.5 Å². The number of anilines is 2. The summed E-state index contributed by atoms with van der Waals surface area (Å²) < 4.78 is 1.95. The zero-order chi connectivity index (χ0) is 14.4. The van der Waals surface area contributed by atoms with E-state index in [0.717, 1.165) is 28.7 Å². The molecule has 21 heavy (non-hydrogen) atoms. The van der Waals surface area contributed by atoms with E-state index < -0.39 is 0 Å². The van der Waals surface area contributed by atoms with E-state index in [4.69, 9.17) is 11.5 Å². The average Bonchev–Trinajstić information content (AvgIpc) is 3.17. The van der Waals surface area contributed by atoms with E-state index in [1.54, 1.807) is 6.20 Å². The third kappa shape index (κ3) is 2.18. The molecule has 0 radical (unpaired) electrons. The minimum absolute atomic E-state index is 0.202. The summed E-state index contributed by atoms with van der Waals surface area (Å²) >= 11 is 0. The van der Waals surface area contributed by atoms with Crippen LogP contribution in [-0.2, 0) is 6.42 Å². The number of pyridine rings is 1. The number of hydrogen-bond donors (Lipinski definition) is 2. The van der Waals surface area contributed by atoms with Crippen molar-refractivity contribution in [2.75, 3.05) is 11.5 Å². The summed E-state index contributed by atoms with van der Waals surface area (Å²) in [5.41, 5.74) is 13.7. The topological polar surface area (TPSA) is 95.6 Å². The Morgan fingerprint density at radius 3 is 2.81 bits per heavy atom. The van der Waals surface area contributed by atoms with Crippen molar-refractivity contribution in [1.29, 1.82) is 0 Å². The zero-order valence-electron chi connectivity index (χ0n) is 11.5. The van der Waals surface area contributed by atoms with Crippen molar-refractivity contribution in [2.24, 2.45) is 5.92 Å². The number of aromatic nitrogens is 4. The van der Waals surface area contributed by atoms with Crippen LogP contribution >= 0.6 is 0 Å². The van der Waals surface area contributed by atoms with Crippen LogP contribution in [0.1, 0.15) is 18.4 Å². The Balaban J connectivity index is 1.88. The Morgan fingerprint density at radius 1 is 1.19 bits per heavy atom. The maximum Gasteiger partial charge on any atom is 0.223 e. The van der Waals surface area contributed by atoms with Crippen molar-refractivity contribution in [3.8, 4) is 5.82 Å². The molecule has 3 aromatic heterocycles. The highest BCUT2D eigenvalue weighted by Gasteiger charge is 2.25. The summed E-state index contributed by atoms with van der Waals surface area (Å²) in [5, 5.41) is 1.06. The fourth-order valence-electron chi connectivity index (χ4n) is 2.61. The summed E-state index contributed by atoms with van der Waals surface area (Å²) in [7, 11) is 0. The number of nitrogen functional groups attached to an aromatic ring is 2. The van der Waals surface area contributed by atoms with E-state index in [-0.39, 0.29) is 5.95 Å². The second-order valence-electron chi connectivity index (χ2n) is 5.56. The lowest BCUT2D eigenvalue weighted by Gasteiger charge is -2.12. The number of fused-ring (bicyclic) bond motifs is 1. The Kier molecular flexibility index (Phi) is 2.57. The van der Waals surface area contributed by atoms with Crippen LogP contribution in [0.4, 0.5) is 11.8 Å². The average molecular weight is 280 g/mol. The molecule has 1 saturated carbocycles. The second kappa shape index (κ2) is 4.44. The molecule has 1 aliphatic rings. The Labute approximate surface area is 121 Å². The fourth-order valence-corrected chi connectivity index (χ4v) is 2.61. The molecular weight excluding hydrogens is 264 g/mol. The van der Waals surface area contributed by atoms with Gasteiger partial charge in [0.05, 0.1) is 5.52 Å². The number of hydrogen-bond acceptors (Lipinski definition) is 5. The van der Waals surface area contributed by atoms with Crippen LogP contribution in [0.25, 0.3) is 16.7 Å². The highest BCUT2D eigenvalue weighted by molar-refractivity contribution is 5.78. The van der Waals surface area contributed by atoms with Gasteiger partial charge in [-0.3, -0.25) is 4.98 Å². The molecule has 0 aliphatic heterocycles. The van der Waals surface area contributed by atoms with Gasteiger partial charge in [-0.1, -0.05) is 0 Å². The molecule has 0 bridgehead atoms. The molecular formula is C15H16N6. The third-order valence-corrected chi connectivity index (χ3v) is 3.88. The first-order valence-corrected chi connectivity index (χ1v) is 7.05. The number of nitrogens with zero attached hydrogens (tertiary/aromatic N) is 4. The largest absolute Gasteiger partial charge is 0.383 e. The molecule has 0 amide bonds. The lowest BCUT2D eigenvalue weighted by atomic mass is 10.1. The molecule has 0 atom stereocenters. The maximum atomic E-state index is 6.07. The Bertz CT molecular complexity index is 785. The monoisotopic (exact) mass is 280 g/mol. The minimum Gasteiger partial charge on any atom is -0.383 e. The molecule has 6 heteroatoms. The molecule has 3 heterocycles. The predicted molar refractivity (Wildman–Crippen MR) is 81.9 cm³/mol. The van der Waals surface area contributed by atoms with Gasteiger partial charge >= 0.3 is 0 Å². The molecule has 0 spiro atoms. The molecule has 0 unspecified atom stereocenters. The molecule has 1 fully saturated rings. The highest BCUT2D eigenvalue weighted by atomic mass is 15.1. The van der Waals surface area contributed by atoms with Gasteiger partial charge in [0.1, 0.15) is 11.6 Å². The van der Waals surface area contributed by atoms with Crippen LogP contribution < -0.4 is 11.5 Å². The van der Waals surface area contributed by atoms with E-state index in [1.165, 1.54) is 12.8 Å². The van der Waals surface area contributed by atoms with Gasteiger partial charge in [-0.15, -0.1) is 0 Å². The van der Waals surface area contributed by atoms with E-state index >= 15 is 0 Å². The van der Waals surface area contributed by atoms with Crippen LogP contribution in [0.3, 0.4) is 0 Å². The van der Waals surface area contributed by atoms with Crippen LogP contribution in [0, 0.1) is 5.92 Å². The predicted octanol–water partition coefficient (Wildman–Crippen LogP) is 1.93. The Hall–Kier alpha value is -2.63. The van der Waals surface area contributed by atoms with Gasteiger partial charge in [0.25, 0.3) is 0 Å². The quantitative estimate of drug-likeness (QED) is 0.764. The second-order valence-corrected chi connectivity index (χ2v) is 5.56.